The van der Waals surface area contributed by atoms with Gasteiger partial charge in [-0.25, -0.2) is 9.97 Å². The first-order valence-electron chi connectivity index (χ1n) is 5.27. The third kappa shape index (κ3) is 4.60. The van der Waals surface area contributed by atoms with E-state index in [1.165, 1.54) is 6.33 Å². The van der Waals surface area contributed by atoms with Crippen LogP contribution < -0.4 is 10.6 Å². The highest BCUT2D eigenvalue weighted by Crippen LogP contribution is 2.07. The van der Waals surface area contributed by atoms with Gasteiger partial charge in [-0.1, -0.05) is 13.3 Å². The molecule has 0 radical (unpaired) electrons. The summed E-state index contributed by atoms with van der Waals surface area (Å²) < 4.78 is 0. The predicted octanol–water partition coefficient (Wildman–Crippen LogP) is 1.09. The average Bonchev–Trinajstić information content (AvgIpc) is 2.27. The molecular formula is C10H18N4O. The van der Waals surface area contributed by atoms with Crippen LogP contribution in [0, 0.1) is 0 Å². The summed E-state index contributed by atoms with van der Waals surface area (Å²) in [5, 5.41) is 14.8. The van der Waals surface area contributed by atoms with Crippen LogP contribution in [-0.4, -0.2) is 34.8 Å². The Bertz CT molecular complexity index is 280. The summed E-state index contributed by atoms with van der Waals surface area (Å²) in [5.41, 5.74) is 0. The number of unbranched alkanes of at least 4 members (excludes halogenated alkanes) is 1. The van der Waals surface area contributed by atoms with E-state index in [0.717, 1.165) is 31.0 Å². The summed E-state index contributed by atoms with van der Waals surface area (Å²) in [6, 6.07) is 1.84. The van der Waals surface area contributed by atoms with E-state index in [-0.39, 0.29) is 6.61 Å². The van der Waals surface area contributed by atoms with E-state index in [1.807, 2.05) is 6.07 Å². The molecule has 0 unspecified atom stereocenters. The zero-order valence-corrected chi connectivity index (χ0v) is 9.03. The molecule has 0 saturated heterocycles. The number of aromatic nitrogens is 2. The van der Waals surface area contributed by atoms with Crippen LogP contribution in [0.5, 0.6) is 0 Å². The third-order valence-corrected chi connectivity index (χ3v) is 1.92. The lowest BCUT2D eigenvalue weighted by Crippen LogP contribution is -2.08. The number of aliphatic hydroxyl groups excluding tert-OH is 1. The minimum Gasteiger partial charge on any atom is -0.395 e. The maximum Gasteiger partial charge on any atom is 0.131 e. The van der Waals surface area contributed by atoms with Crippen molar-refractivity contribution in [3.05, 3.63) is 12.4 Å². The van der Waals surface area contributed by atoms with Crippen LogP contribution >= 0.6 is 0 Å². The molecule has 0 aliphatic carbocycles. The van der Waals surface area contributed by atoms with Gasteiger partial charge in [0.1, 0.15) is 18.0 Å². The van der Waals surface area contributed by atoms with E-state index in [4.69, 9.17) is 5.11 Å². The van der Waals surface area contributed by atoms with Gasteiger partial charge in [-0.2, -0.15) is 0 Å². The summed E-state index contributed by atoms with van der Waals surface area (Å²) >= 11 is 0. The number of hydrogen-bond donors (Lipinski definition) is 3. The fourth-order valence-electron chi connectivity index (χ4n) is 1.13. The van der Waals surface area contributed by atoms with Crippen molar-refractivity contribution in [3.8, 4) is 0 Å². The molecule has 0 spiro atoms. The van der Waals surface area contributed by atoms with E-state index >= 15 is 0 Å². The Balaban J connectivity index is 2.42. The first-order valence-corrected chi connectivity index (χ1v) is 5.27. The number of aliphatic hydroxyl groups is 1. The first kappa shape index (κ1) is 11.7. The largest absolute Gasteiger partial charge is 0.395 e. The molecule has 1 heterocycles. The van der Waals surface area contributed by atoms with E-state index in [2.05, 4.69) is 27.5 Å². The lowest BCUT2D eigenvalue weighted by Gasteiger charge is -2.06. The van der Waals surface area contributed by atoms with Crippen molar-refractivity contribution in [2.45, 2.75) is 19.8 Å². The lowest BCUT2D eigenvalue weighted by molar-refractivity contribution is 0.311. The van der Waals surface area contributed by atoms with Gasteiger partial charge in [0.2, 0.25) is 0 Å². The molecule has 0 bridgehead atoms. The van der Waals surface area contributed by atoms with Crippen LogP contribution in [0.2, 0.25) is 0 Å². The normalized spacial score (nSPS) is 10.0. The molecule has 5 heteroatoms. The van der Waals surface area contributed by atoms with Crippen LogP contribution in [0.4, 0.5) is 11.6 Å². The molecule has 1 aromatic rings. The topological polar surface area (TPSA) is 70.1 Å². The van der Waals surface area contributed by atoms with Crippen molar-refractivity contribution in [1.29, 1.82) is 0 Å². The molecule has 3 N–H and O–H groups in total. The van der Waals surface area contributed by atoms with Gasteiger partial charge in [-0.15, -0.1) is 0 Å². The Hall–Kier alpha value is -1.36. The molecule has 0 fully saturated rings. The average molecular weight is 210 g/mol. The number of rotatable bonds is 7. The number of anilines is 2. The second-order valence-electron chi connectivity index (χ2n) is 3.22. The van der Waals surface area contributed by atoms with Crippen LogP contribution in [0.15, 0.2) is 12.4 Å². The molecule has 0 aliphatic heterocycles. The molecule has 0 aliphatic rings. The summed E-state index contributed by atoms with van der Waals surface area (Å²) in [6.07, 6.45) is 3.80. The van der Waals surface area contributed by atoms with Crippen LogP contribution in [0.1, 0.15) is 19.8 Å². The minimum absolute atomic E-state index is 0.0998. The molecule has 0 amide bonds. The third-order valence-electron chi connectivity index (χ3n) is 1.92. The standard InChI is InChI=1S/C10H18N4O/c1-2-3-4-11-9-7-10(12-5-6-15)14-8-13-9/h7-8,15H,2-6H2,1H3,(H2,11,12,13,14). The summed E-state index contributed by atoms with van der Waals surface area (Å²) in [5.74, 6) is 1.55. The maximum atomic E-state index is 8.65. The Morgan fingerprint density at radius 2 is 1.87 bits per heavy atom. The monoisotopic (exact) mass is 210 g/mol. The molecule has 0 atom stereocenters. The molecule has 1 aromatic heterocycles. The van der Waals surface area contributed by atoms with Crippen molar-refractivity contribution in [1.82, 2.24) is 9.97 Å². The SMILES string of the molecule is CCCCNc1cc(NCCO)ncn1. The van der Waals surface area contributed by atoms with E-state index < -0.39 is 0 Å². The molecule has 0 aromatic carbocycles. The lowest BCUT2D eigenvalue weighted by atomic mass is 10.3. The van der Waals surface area contributed by atoms with E-state index in [1.54, 1.807) is 0 Å². The van der Waals surface area contributed by atoms with Crippen molar-refractivity contribution < 1.29 is 5.11 Å². The highest BCUT2D eigenvalue weighted by Gasteiger charge is 1.96. The van der Waals surface area contributed by atoms with Gasteiger partial charge in [0.25, 0.3) is 0 Å². The van der Waals surface area contributed by atoms with Crippen molar-refractivity contribution in [2.75, 3.05) is 30.3 Å². The molecule has 1 rings (SSSR count). The maximum absolute atomic E-state index is 8.65. The van der Waals surface area contributed by atoms with Crippen LogP contribution in [-0.2, 0) is 0 Å². The van der Waals surface area contributed by atoms with Crippen LogP contribution in [0.3, 0.4) is 0 Å². The zero-order chi connectivity index (χ0) is 10.9. The highest BCUT2D eigenvalue weighted by molar-refractivity contribution is 5.46. The molecule has 15 heavy (non-hydrogen) atoms. The van der Waals surface area contributed by atoms with Gasteiger partial charge in [0.05, 0.1) is 6.61 Å². The summed E-state index contributed by atoms with van der Waals surface area (Å²) in [6.45, 7) is 3.68. The minimum atomic E-state index is 0.0998. The fraction of sp³-hybridized carbons (Fsp3) is 0.600. The van der Waals surface area contributed by atoms with Gasteiger partial charge < -0.3 is 15.7 Å². The van der Waals surface area contributed by atoms with E-state index in [0.29, 0.717) is 6.54 Å². The second kappa shape index (κ2) is 7.00. The number of hydrogen-bond acceptors (Lipinski definition) is 5. The summed E-state index contributed by atoms with van der Waals surface area (Å²) in [4.78, 5) is 8.13. The zero-order valence-electron chi connectivity index (χ0n) is 9.03. The van der Waals surface area contributed by atoms with Gasteiger partial charge in [0.15, 0.2) is 0 Å². The van der Waals surface area contributed by atoms with Crippen molar-refractivity contribution >= 4 is 11.6 Å². The smallest absolute Gasteiger partial charge is 0.131 e. The van der Waals surface area contributed by atoms with Gasteiger partial charge >= 0.3 is 0 Å². The molecule has 0 saturated carbocycles. The Morgan fingerprint density at radius 1 is 1.20 bits per heavy atom. The van der Waals surface area contributed by atoms with Gasteiger partial charge in [-0.05, 0) is 6.42 Å². The Labute approximate surface area is 90.0 Å². The van der Waals surface area contributed by atoms with Crippen LogP contribution in [0.25, 0.3) is 0 Å². The van der Waals surface area contributed by atoms with Crippen molar-refractivity contribution in [3.63, 3.8) is 0 Å². The highest BCUT2D eigenvalue weighted by atomic mass is 16.3. The summed E-state index contributed by atoms with van der Waals surface area (Å²) in [7, 11) is 0. The van der Waals surface area contributed by atoms with Gasteiger partial charge in [-0.3, -0.25) is 0 Å². The van der Waals surface area contributed by atoms with E-state index in [9.17, 15) is 0 Å². The number of nitrogens with one attached hydrogen (secondary N) is 2. The first-order chi connectivity index (χ1) is 7.36. The predicted molar refractivity (Wildman–Crippen MR) is 61.0 cm³/mol. The quantitative estimate of drug-likeness (QED) is 0.588. The molecular weight excluding hydrogens is 192 g/mol. The second-order valence-corrected chi connectivity index (χ2v) is 3.22. The fourth-order valence-corrected chi connectivity index (χ4v) is 1.13. The van der Waals surface area contributed by atoms with Crippen molar-refractivity contribution in [2.24, 2.45) is 0 Å². The molecule has 84 valence electrons. The Morgan fingerprint density at radius 3 is 2.47 bits per heavy atom. The molecule has 5 nitrogen and oxygen atoms in total. The number of nitrogens with zero attached hydrogens (tertiary/aromatic N) is 2. The Kier molecular flexibility index (Phi) is 5.47. The van der Waals surface area contributed by atoms with Gasteiger partial charge in [0, 0.05) is 19.2 Å².